The molecule has 0 spiro atoms. The SMILES string of the molecule is CCNC(=NCc1ccc(CN2CCCC(C)C2)cc1)NC1CCN(C(=O)C(C)C)C1. The predicted octanol–water partition coefficient (Wildman–Crippen LogP) is 3.23. The Hall–Kier alpha value is -2.08. The Morgan fingerprint density at radius 1 is 1.13 bits per heavy atom. The maximum atomic E-state index is 12.2. The zero-order chi connectivity index (χ0) is 22.2. The van der Waals surface area contributed by atoms with Crippen molar-refractivity contribution in [2.45, 2.75) is 66.1 Å². The van der Waals surface area contributed by atoms with Crippen molar-refractivity contribution in [2.24, 2.45) is 16.8 Å². The highest BCUT2D eigenvalue weighted by Gasteiger charge is 2.27. The third kappa shape index (κ3) is 7.23. The Labute approximate surface area is 188 Å². The average Bonchev–Trinajstić information content (AvgIpc) is 3.21. The van der Waals surface area contributed by atoms with Crippen LogP contribution in [0.4, 0.5) is 0 Å². The molecule has 6 nitrogen and oxygen atoms in total. The summed E-state index contributed by atoms with van der Waals surface area (Å²) in [6, 6.07) is 9.16. The lowest BCUT2D eigenvalue weighted by Crippen LogP contribution is -2.45. The van der Waals surface area contributed by atoms with E-state index in [2.05, 4.69) is 53.6 Å². The molecule has 2 saturated heterocycles. The van der Waals surface area contributed by atoms with Crippen molar-refractivity contribution in [3.63, 3.8) is 0 Å². The molecule has 0 bridgehead atoms. The van der Waals surface area contributed by atoms with Crippen LogP contribution >= 0.6 is 0 Å². The van der Waals surface area contributed by atoms with Gasteiger partial charge in [0.1, 0.15) is 0 Å². The van der Waals surface area contributed by atoms with E-state index in [1.807, 2.05) is 18.7 Å². The number of hydrogen-bond acceptors (Lipinski definition) is 3. The smallest absolute Gasteiger partial charge is 0.225 e. The predicted molar refractivity (Wildman–Crippen MR) is 128 cm³/mol. The van der Waals surface area contributed by atoms with Gasteiger partial charge < -0.3 is 15.5 Å². The normalized spacial score (nSPS) is 22.7. The largest absolute Gasteiger partial charge is 0.357 e. The highest BCUT2D eigenvalue weighted by molar-refractivity contribution is 5.81. The van der Waals surface area contributed by atoms with Crippen molar-refractivity contribution in [3.8, 4) is 0 Å². The molecule has 1 aromatic carbocycles. The summed E-state index contributed by atoms with van der Waals surface area (Å²) >= 11 is 0. The number of nitrogens with one attached hydrogen (secondary N) is 2. The van der Waals surface area contributed by atoms with Gasteiger partial charge in [-0.25, -0.2) is 4.99 Å². The molecule has 31 heavy (non-hydrogen) atoms. The highest BCUT2D eigenvalue weighted by Crippen LogP contribution is 2.18. The molecule has 2 atom stereocenters. The quantitative estimate of drug-likeness (QED) is 0.518. The van der Waals surface area contributed by atoms with E-state index < -0.39 is 0 Å². The van der Waals surface area contributed by atoms with Crippen LogP contribution in [0.5, 0.6) is 0 Å². The van der Waals surface area contributed by atoms with Gasteiger partial charge in [-0.3, -0.25) is 9.69 Å². The molecule has 0 saturated carbocycles. The van der Waals surface area contributed by atoms with Crippen LogP contribution in [0, 0.1) is 11.8 Å². The van der Waals surface area contributed by atoms with Gasteiger partial charge in [-0.15, -0.1) is 0 Å². The van der Waals surface area contributed by atoms with Gasteiger partial charge in [0.25, 0.3) is 0 Å². The molecule has 1 aromatic rings. The van der Waals surface area contributed by atoms with E-state index in [9.17, 15) is 4.79 Å². The molecule has 0 aromatic heterocycles. The Bertz CT molecular complexity index is 730. The maximum Gasteiger partial charge on any atom is 0.225 e. The van der Waals surface area contributed by atoms with Gasteiger partial charge in [-0.2, -0.15) is 0 Å². The first-order chi connectivity index (χ1) is 14.9. The lowest BCUT2D eigenvalue weighted by molar-refractivity contribution is -0.133. The zero-order valence-electron chi connectivity index (χ0n) is 19.9. The Morgan fingerprint density at radius 3 is 2.55 bits per heavy atom. The van der Waals surface area contributed by atoms with Gasteiger partial charge in [0.05, 0.1) is 6.54 Å². The van der Waals surface area contributed by atoms with Crippen molar-refractivity contribution in [1.82, 2.24) is 20.4 Å². The van der Waals surface area contributed by atoms with Crippen LogP contribution in [0.1, 0.15) is 58.1 Å². The van der Waals surface area contributed by atoms with Crippen LogP contribution in [0.3, 0.4) is 0 Å². The fraction of sp³-hybridized carbons (Fsp3) is 0.680. The molecule has 2 unspecified atom stereocenters. The molecule has 2 heterocycles. The second-order valence-electron chi connectivity index (χ2n) is 9.56. The third-order valence-electron chi connectivity index (χ3n) is 6.27. The first kappa shape index (κ1) is 23.6. The standard InChI is InChI=1S/C25H41N5O/c1-5-26-25(28-23-12-14-30(18-23)24(31)19(2)3)27-15-21-8-10-22(11-9-21)17-29-13-6-7-20(4)16-29/h8-11,19-20,23H,5-7,12-18H2,1-4H3,(H2,26,27,28). The number of piperidine rings is 1. The molecule has 2 N–H and O–H groups in total. The number of amides is 1. The molecule has 2 aliphatic rings. The van der Waals surface area contributed by atoms with Gasteiger partial charge in [0.15, 0.2) is 5.96 Å². The Kier molecular flexibility index (Phi) is 8.76. The molecular weight excluding hydrogens is 386 g/mol. The van der Waals surface area contributed by atoms with E-state index in [4.69, 9.17) is 4.99 Å². The van der Waals surface area contributed by atoms with E-state index in [0.717, 1.165) is 44.5 Å². The summed E-state index contributed by atoms with van der Waals surface area (Å²) < 4.78 is 0. The molecule has 1 amide bonds. The van der Waals surface area contributed by atoms with Crippen LogP contribution < -0.4 is 10.6 Å². The fourth-order valence-corrected chi connectivity index (χ4v) is 4.57. The van der Waals surface area contributed by atoms with Gasteiger partial charge in [-0.05, 0) is 49.8 Å². The van der Waals surface area contributed by atoms with Crippen LogP contribution in [0.25, 0.3) is 0 Å². The first-order valence-corrected chi connectivity index (χ1v) is 12.1. The lowest BCUT2D eigenvalue weighted by Gasteiger charge is -2.30. The van der Waals surface area contributed by atoms with Crippen molar-refractivity contribution >= 4 is 11.9 Å². The van der Waals surface area contributed by atoms with E-state index in [1.54, 1.807) is 0 Å². The van der Waals surface area contributed by atoms with Gasteiger partial charge in [0.2, 0.25) is 5.91 Å². The maximum absolute atomic E-state index is 12.2. The first-order valence-electron chi connectivity index (χ1n) is 12.1. The zero-order valence-corrected chi connectivity index (χ0v) is 19.9. The summed E-state index contributed by atoms with van der Waals surface area (Å²) in [4.78, 5) is 21.6. The van der Waals surface area contributed by atoms with Gasteiger partial charge >= 0.3 is 0 Å². The van der Waals surface area contributed by atoms with E-state index in [-0.39, 0.29) is 17.9 Å². The molecule has 6 heteroatoms. The second-order valence-corrected chi connectivity index (χ2v) is 9.56. The number of guanidine groups is 1. The monoisotopic (exact) mass is 427 g/mol. The molecule has 3 rings (SSSR count). The number of carbonyl (C=O) groups excluding carboxylic acids is 1. The van der Waals surface area contributed by atoms with Gasteiger partial charge in [-0.1, -0.05) is 45.0 Å². The van der Waals surface area contributed by atoms with Crippen molar-refractivity contribution in [1.29, 1.82) is 0 Å². The number of likely N-dealkylation sites (tertiary alicyclic amines) is 2. The summed E-state index contributed by atoms with van der Waals surface area (Å²) in [6.45, 7) is 14.9. The minimum Gasteiger partial charge on any atom is -0.357 e. The topological polar surface area (TPSA) is 60.0 Å². The van der Waals surface area contributed by atoms with Crippen LogP contribution in [0.15, 0.2) is 29.3 Å². The summed E-state index contributed by atoms with van der Waals surface area (Å²) in [5.74, 6) is 1.94. The van der Waals surface area contributed by atoms with E-state index in [0.29, 0.717) is 6.54 Å². The van der Waals surface area contributed by atoms with E-state index >= 15 is 0 Å². The molecule has 0 radical (unpaired) electrons. The molecular formula is C25H41N5O. The van der Waals surface area contributed by atoms with Crippen molar-refractivity contribution in [2.75, 3.05) is 32.7 Å². The van der Waals surface area contributed by atoms with Crippen LogP contribution in [-0.2, 0) is 17.9 Å². The molecule has 2 fully saturated rings. The molecule has 2 aliphatic heterocycles. The summed E-state index contributed by atoms with van der Waals surface area (Å²) in [6.07, 6.45) is 3.65. The van der Waals surface area contributed by atoms with Crippen LogP contribution in [-0.4, -0.2) is 60.4 Å². The highest BCUT2D eigenvalue weighted by atomic mass is 16.2. The summed E-state index contributed by atoms with van der Waals surface area (Å²) in [5.41, 5.74) is 2.60. The summed E-state index contributed by atoms with van der Waals surface area (Å²) in [5, 5.41) is 6.86. The average molecular weight is 428 g/mol. The Morgan fingerprint density at radius 2 is 1.87 bits per heavy atom. The van der Waals surface area contributed by atoms with E-state index in [1.165, 1.54) is 37.1 Å². The lowest BCUT2D eigenvalue weighted by atomic mass is 9.99. The minimum absolute atomic E-state index is 0.0574. The summed E-state index contributed by atoms with van der Waals surface area (Å²) in [7, 11) is 0. The fourth-order valence-electron chi connectivity index (χ4n) is 4.57. The molecule has 172 valence electrons. The third-order valence-corrected chi connectivity index (χ3v) is 6.27. The Balaban J connectivity index is 1.51. The number of carbonyl (C=O) groups is 1. The minimum atomic E-state index is 0.0574. The number of hydrogen-bond donors (Lipinski definition) is 2. The van der Waals surface area contributed by atoms with Crippen LogP contribution in [0.2, 0.25) is 0 Å². The number of nitrogens with zero attached hydrogens (tertiary/aromatic N) is 3. The van der Waals surface area contributed by atoms with Crippen molar-refractivity contribution < 1.29 is 4.79 Å². The van der Waals surface area contributed by atoms with Crippen molar-refractivity contribution in [3.05, 3.63) is 35.4 Å². The molecule has 0 aliphatic carbocycles. The van der Waals surface area contributed by atoms with Gasteiger partial charge in [0, 0.05) is 44.7 Å². The number of aliphatic imine (C=N–C) groups is 1. The number of benzene rings is 1. The second kappa shape index (κ2) is 11.5. The number of rotatable bonds is 7.